The summed E-state index contributed by atoms with van der Waals surface area (Å²) in [6.07, 6.45) is -4.62. The van der Waals surface area contributed by atoms with Crippen LogP contribution >= 0.6 is 11.6 Å². The lowest BCUT2D eigenvalue weighted by atomic mass is 9.90. The Labute approximate surface area is 267 Å². The normalized spacial score (nSPS) is 12.5. The minimum absolute atomic E-state index is 0.0729. The Morgan fingerprint density at radius 1 is 0.822 bits per heavy atom. The second kappa shape index (κ2) is 17.5. The van der Waals surface area contributed by atoms with Gasteiger partial charge >= 0.3 is 6.18 Å². The van der Waals surface area contributed by atoms with E-state index in [1.807, 2.05) is 27.7 Å². The summed E-state index contributed by atoms with van der Waals surface area (Å²) in [5, 5.41) is 0.0732. The zero-order valence-electron chi connectivity index (χ0n) is 27.4. The van der Waals surface area contributed by atoms with E-state index in [2.05, 4.69) is 5.73 Å². The molecule has 0 aliphatic heterocycles. The summed E-state index contributed by atoms with van der Waals surface area (Å²) in [5.41, 5.74) is 1.57. The van der Waals surface area contributed by atoms with Crippen molar-refractivity contribution in [1.29, 1.82) is 0 Å². The fourth-order valence-corrected chi connectivity index (χ4v) is 4.36. The molecule has 1 unspecified atom stereocenters. The van der Waals surface area contributed by atoms with Crippen molar-refractivity contribution in [3.05, 3.63) is 110 Å². The maximum absolute atomic E-state index is 15.2. The number of allylic oxidation sites excluding steroid dienone is 1. The summed E-state index contributed by atoms with van der Waals surface area (Å²) >= 11 is 6.05. The third kappa shape index (κ3) is 11.3. The predicted octanol–water partition coefficient (Wildman–Crippen LogP) is 11.8. The largest absolute Gasteiger partial charge is 0.399 e. The van der Waals surface area contributed by atoms with Crippen LogP contribution in [-0.2, 0) is 11.6 Å². The highest BCUT2D eigenvalue weighted by Crippen LogP contribution is 2.41. The summed E-state index contributed by atoms with van der Waals surface area (Å²) in [6.45, 7) is 14.2. The van der Waals surface area contributed by atoms with Crippen molar-refractivity contribution in [3.63, 3.8) is 0 Å². The van der Waals surface area contributed by atoms with Crippen LogP contribution < -0.4 is 5.73 Å². The average molecular weight is 662 g/mol. The quantitative estimate of drug-likeness (QED) is 0.202. The van der Waals surface area contributed by atoms with Gasteiger partial charge in [-0.1, -0.05) is 69.6 Å². The molecule has 0 spiro atoms. The molecule has 2 nitrogen and oxygen atoms in total. The van der Waals surface area contributed by atoms with E-state index in [0.717, 1.165) is 18.2 Å². The van der Waals surface area contributed by atoms with Gasteiger partial charge in [0.2, 0.25) is 0 Å². The fraction of sp³-hybridized carbons (Fsp3) is 0.400. The van der Waals surface area contributed by atoms with Gasteiger partial charge in [-0.3, -0.25) is 4.79 Å². The first-order valence-electron chi connectivity index (χ1n) is 14.5. The average Bonchev–Trinajstić information content (AvgIpc) is 2.99. The molecule has 0 bridgehead atoms. The predicted molar refractivity (Wildman–Crippen MR) is 172 cm³/mol. The Balaban J connectivity index is 0.00000304. The number of aryl methyl sites for hydroxylation is 1. The molecule has 0 aliphatic carbocycles. The highest BCUT2D eigenvalue weighted by atomic mass is 35.5. The smallest absolute Gasteiger partial charge is 0.333 e. The Kier molecular flexibility index (Phi) is 16.3. The molecule has 0 radical (unpaired) electrons. The van der Waals surface area contributed by atoms with Gasteiger partial charge in [0.05, 0.1) is 0 Å². The molecule has 3 rings (SSSR count). The number of carbonyl (C=O) groups is 1. The molecule has 0 aliphatic rings. The van der Waals surface area contributed by atoms with Crippen molar-refractivity contribution in [2.24, 2.45) is 5.73 Å². The summed E-state index contributed by atoms with van der Waals surface area (Å²) in [6, 6.07) is 10.3. The van der Waals surface area contributed by atoms with E-state index in [4.69, 9.17) is 11.6 Å². The molecule has 2 N–H and O–H groups in total. The molecule has 45 heavy (non-hydrogen) atoms. The first-order chi connectivity index (χ1) is 20.8. The number of halogens is 8. The van der Waals surface area contributed by atoms with E-state index in [9.17, 15) is 31.1 Å². The number of hydrogen-bond acceptors (Lipinski definition) is 2. The zero-order valence-corrected chi connectivity index (χ0v) is 28.1. The van der Waals surface area contributed by atoms with E-state index in [0.29, 0.717) is 30.2 Å². The van der Waals surface area contributed by atoms with E-state index < -0.39 is 52.0 Å². The Morgan fingerprint density at radius 2 is 1.38 bits per heavy atom. The Hall–Kier alpha value is -3.17. The maximum atomic E-state index is 15.2. The first-order valence-corrected chi connectivity index (χ1v) is 14.8. The lowest BCUT2D eigenvalue weighted by Gasteiger charge is -2.20. The molecule has 1 atom stereocenters. The Morgan fingerprint density at radius 3 is 1.84 bits per heavy atom. The highest BCUT2D eigenvalue weighted by molar-refractivity contribution is 6.31. The molecule has 250 valence electrons. The van der Waals surface area contributed by atoms with Crippen LogP contribution in [0.4, 0.5) is 30.7 Å². The molecule has 0 saturated heterocycles. The molecule has 0 aromatic heterocycles. The van der Waals surface area contributed by atoms with Gasteiger partial charge < -0.3 is 5.73 Å². The number of nitrogens with two attached hydrogens (primary N) is 1. The molecule has 0 amide bonds. The van der Waals surface area contributed by atoms with Crippen molar-refractivity contribution in [2.45, 2.75) is 86.0 Å². The molecular formula is C35H43ClF7NO. The minimum atomic E-state index is -4.91. The van der Waals surface area contributed by atoms with Crippen LogP contribution in [0.3, 0.4) is 0 Å². The molecular weight excluding hydrogens is 619 g/mol. The number of benzene rings is 3. The van der Waals surface area contributed by atoms with Crippen molar-refractivity contribution in [3.8, 4) is 0 Å². The van der Waals surface area contributed by atoms with Crippen LogP contribution in [0.1, 0.15) is 104 Å². The van der Waals surface area contributed by atoms with Crippen LogP contribution in [0, 0.1) is 13.8 Å². The van der Waals surface area contributed by atoms with Crippen LogP contribution in [0.2, 0.25) is 5.02 Å². The van der Waals surface area contributed by atoms with Crippen LogP contribution in [0.5, 0.6) is 0 Å². The number of carbonyl (C=O) groups excluding carboxylic acids is 1. The number of hydrogen-bond donors (Lipinski definition) is 1. The van der Waals surface area contributed by atoms with Crippen molar-refractivity contribution in [2.75, 3.05) is 7.05 Å². The fourth-order valence-electron chi connectivity index (χ4n) is 4.08. The van der Waals surface area contributed by atoms with Gasteiger partial charge in [0.1, 0.15) is 17.4 Å². The topological polar surface area (TPSA) is 43.1 Å². The van der Waals surface area contributed by atoms with Gasteiger partial charge in [-0.2, -0.15) is 13.2 Å². The maximum Gasteiger partial charge on any atom is 0.399 e. The van der Waals surface area contributed by atoms with Gasteiger partial charge in [-0.05, 0) is 87.3 Å². The second-order valence-corrected chi connectivity index (χ2v) is 10.4. The summed E-state index contributed by atoms with van der Waals surface area (Å²) in [7, 11) is 1.50. The van der Waals surface area contributed by atoms with Gasteiger partial charge in [0.25, 0.3) is 5.92 Å². The molecule has 10 heteroatoms. The second-order valence-electron chi connectivity index (χ2n) is 10.0. The monoisotopic (exact) mass is 661 g/mol. The molecule has 0 saturated carbocycles. The lowest BCUT2D eigenvalue weighted by Crippen LogP contribution is -2.19. The SMILES string of the molecule is CC.CC.CN.Cc1cc(C(/C=C(\F)c2ccc(C(=O)c3cccc(C(C)(C)F)c3)c(C(C)(F)F)c2)C(F)(F)F)cc(Cl)c1C. The van der Waals surface area contributed by atoms with Gasteiger partial charge in [-0.25, -0.2) is 17.6 Å². The van der Waals surface area contributed by atoms with Crippen molar-refractivity contribution < 1.29 is 35.5 Å². The number of ketones is 1. The molecule has 0 fully saturated rings. The third-order valence-corrected chi connectivity index (χ3v) is 6.87. The van der Waals surface area contributed by atoms with E-state index in [1.54, 1.807) is 13.8 Å². The standard InChI is InChI=1S/C30H26ClF7O.2C2H6.CH5N/c1-16-11-20(14-25(31)17(16)2)23(30(36,37)38)15-26(32)18-9-10-22(24(13-18)29(5,34)35)27(39)19-7-6-8-21(12-19)28(3,4)33;3*1-2/h6-15,23H,1-5H3;2*1-2H3;2H2,1H3/b26-15-;;;. The number of alkyl halides is 6. The van der Waals surface area contributed by atoms with Crippen LogP contribution in [0.25, 0.3) is 5.83 Å². The van der Waals surface area contributed by atoms with Crippen LogP contribution in [0.15, 0.2) is 60.7 Å². The highest BCUT2D eigenvalue weighted by Gasteiger charge is 2.40. The third-order valence-electron chi connectivity index (χ3n) is 6.48. The molecule has 0 heterocycles. The van der Waals surface area contributed by atoms with E-state index in [1.165, 1.54) is 51.2 Å². The van der Waals surface area contributed by atoms with Gasteiger partial charge in [-0.15, -0.1) is 0 Å². The van der Waals surface area contributed by atoms with Gasteiger partial charge in [0.15, 0.2) is 5.78 Å². The van der Waals surface area contributed by atoms with E-state index in [-0.39, 0.29) is 21.7 Å². The van der Waals surface area contributed by atoms with Gasteiger partial charge in [0, 0.05) is 34.2 Å². The summed E-state index contributed by atoms with van der Waals surface area (Å²) in [4.78, 5) is 13.1. The molecule has 3 aromatic carbocycles. The van der Waals surface area contributed by atoms with E-state index >= 15 is 4.39 Å². The number of rotatable bonds is 7. The first kappa shape index (κ1) is 41.8. The van der Waals surface area contributed by atoms with Crippen molar-refractivity contribution in [1.82, 2.24) is 0 Å². The van der Waals surface area contributed by atoms with Crippen molar-refractivity contribution >= 4 is 23.2 Å². The van der Waals surface area contributed by atoms with Crippen LogP contribution in [-0.4, -0.2) is 19.0 Å². The zero-order chi connectivity index (χ0) is 35.5. The summed E-state index contributed by atoms with van der Waals surface area (Å²) in [5.74, 6) is -8.33. The summed E-state index contributed by atoms with van der Waals surface area (Å²) < 4.78 is 101. The minimum Gasteiger partial charge on any atom is -0.333 e. The lowest BCUT2D eigenvalue weighted by molar-refractivity contribution is -0.139. The molecule has 3 aromatic rings. The Bertz CT molecular complexity index is 1410.